The largest absolute Gasteiger partial charge is 0.485 e. The second-order valence-electron chi connectivity index (χ2n) is 4.77. The fraction of sp³-hybridized carbons (Fsp3) is 0.133. The summed E-state index contributed by atoms with van der Waals surface area (Å²) >= 11 is 0. The first-order valence-electron chi connectivity index (χ1n) is 6.81. The summed E-state index contributed by atoms with van der Waals surface area (Å²) < 4.78 is 34.9. The molecule has 0 saturated heterocycles. The Morgan fingerprint density at radius 2 is 1.65 bits per heavy atom. The summed E-state index contributed by atoms with van der Waals surface area (Å²) in [5.74, 6) is 0.338. The number of amides is 1. The minimum Gasteiger partial charge on any atom is -0.485 e. The van der Waals surface area contributed by atoms with Crippen LogP contribution in [0.15, 0.2) is 59.5 Å². The third-order valence-electron chi connectivity index (χ3n) is 3.16. The molecule has 1 amide bonds. The molecule has 0 radical (unpaired) electrons. The minimum absolute atomic E-state index is 0.00406. The second kappa shape index (κ2) is 6.27. The normalized spacial score (nSPS) is 16.6. The Morgan fingerprint density at radius 1 is 1.00 bits per heavy atom. The van der Waals surface area contributed by atoms with E-state index in [0.717, 1.165) is 0 Å². The van der Waals surface area contributed by atoms with Gasteiger partial charge in [0.15, 0.2) is 11.5 Å². The third kappa shape index (κ3) is 3.43. The molecule has 2 N–H and O–H groups in total. The molecular weight excluding hydrogens is 320 g/mol. The molecule has 0 spiro atoms. The van der Waals surface area contributed by atoms with Gasteiger partial charge in [0.1, 0.15) is 6.61 Å². The maximum atomic E-state index is 12.0. The molecule has 23 heavy (non-hydrogen) atoms. The summed E-state index contributed by atoms with van der Waals surface area (Å²) in [5, 5.41) is 0. The van der Waals surface area contributed by atoms with E-state index >= 15 is 0 Å². The van der Waals surface area contributed by atoms with E-state index < -0.39 is 22.0 Å². The summed E-state index contributed by atoms with van der Waals surface area (Å²) in [6, 6.07) is 14.6. The van der Waals surface area contributed by atoms with Gasteiger partial charge in [0.05, 0.1) is 4.90 Å². The Labute approximate surface area is 133 Å². The number of hydrazine groups is 1. The average molecular weight is 334 g/mol. The molecule has 0 saturated carbocycles. The van der Waals surface area contributed by atoms with Crippen LogP contribution in [0.25, 0.3) is 0 Å². The fourth-order valence-electron chi connectivity index (χ4n) is 2.01. The van der Waals surface area contributed by atoms with E-state index in [1.807, 2.05) is 4.83 Å². The van der Waals surface area contributed by atoms with Crippen molar-refractivity contribution < 1.29 is 22.7 Å². The fourth-order valence-corrected chi connectivity index (χ4v) is 2.87. The van der Waals surface area contributed by atoms with Gasteiger partial charge >= 0.3 is 0 Å². The highest BCUT2D eigenvalue weighted by Crippen LogP contribution is 2.30. The lowest BCUT2D eigenvalue weighted by molar-refractivity contribution is -0.130. The average Bonchev–Trinajstić information content (AvgIpc) is 2.60. The number of ether oxygens (including phenoxy) is 2. The van der Waals surface area contributed by atoms with Crippen LogP contribution in [0.2, 0.25) is 0 Å². The molecule has 1 unspecified atom stereocenters. The standard InChI is InChI=1S/C15H14N2O5S/c18-15(14-10-21-12-8-4-5-9-13(12)22-14)16-17-23(19,20)11-6-2-1-3-7-11/h1-9,14,17H,10H2,(H,16,18). The maximum absolute atomic E-state index is 12.0. The van der Waals surface area contributed by atoms with E-state index in [9.17, 15) is 13.2 Å². The molecule has 1 aliphatic heterocycles. The number of benzene rings is 2. The van der Waals surface area contributed by atoms with Gasteiger partial charge in [0.2, 0.25) is 6.10 Å². The van der Waals surface area contributed by atoms with Gasteiger partial charge in [-0.2, -0.15) is 0 Å². The van der Waals surface area contributed by atoms with Crippen molar-refractivity contribution in [2.45, 2.75) is 11.0 Å². The zero-order valence-electron chi connectivity index (χ0n) is 11.9. The first-order chi connectivity index (χ1) is 11.1. The predicted octanol–water partition coefficient (Wildman–Crippen LogP) is 0.836. The lowest BCUT2D eigenvalue weighted by atomic mass is 10.2. The van der Waals surface area contributed by atoms with Crippen molar-refractivity contribution in [1.82, 2.24) is 10.3 Å². The highest BCUT2D eigenvalue weighted by Gasteiger charge is 2.28. The van der Waals surface area contributed by atoms with Crippen LogP contribution < -0.4 is 19.7 Å². The van der Waals surface area contributed by atoms with Gasteiger partial charge in [-0.05, 0) is 24.3 Å². The van der Waals surface area contributed by atoms with Gasteiger partial charge in [-0.15, -0.1) is 4.83 Å². The molecule has 0 aliphatic carbocycles. The number of carbonyl (C=O) groups excluding carboxylic acids is 1. The van der Waals surface area contributed by atoms with Crippen molar-refractivity contribution in [3.8, 4) is 11.5 Å². The number of nitrogens with one attached hydrogen (secondary N) is 2. The zero-order valence-corrected chi connectivity index (χ0v) is 12.7. The Kier molecular flexibility index (Phi) is 4.18. The molecule has 0 bridgehead atoms. The van der Waals surface area contributed by atoms with Gasteiger partial charge in [0, 0.05) is 0 Å². The number of fused-ring (bicyclic) bond motifs is 1. The van der Waals surface area contributed by atoms with E-state index in [1.54, 1.807) is 42.5 Å². The Morgan fingerprint density at radius 3 is 2.39 bits per heavy atom. The summed E-state index contributed by atoms with van der Waals surface area (Å²) in [5.41, 5.74) is 2.14. The van der Waals surface area contributed by atoms with Crippen molar-refractivity contribution >= 4 is 15.9 Å². The molecule has 120 valence electrons. The highest BCUT2D eigenvalue weighted by molar-refractivity contribution is 7.89. The van der Waals surface area contributed by atoms with Gasteiger partial charge in [-0.25, -0.2) is 8.42 Å². The quantitative estimate of drug-likeness (QED) is 0.808. The first kappa shape index (κ1) is 15.3. The summed E-state index contributed by atoms with van der Waals surface area (Å²) in [4.78, 5) is 14.1. The van der Waals surface area contributed by atoms with Crippen molar-refractivity contribution in [3.05, 3.63) is 54.6 Å². The highest BCUT2D eigenvalue weighted by atomic mass is 32.2. The van der Waals surface area contributed by atoms with Crippen molar-refractivity contribution in [1.29, 1.82) is 0 Å². The van der Waals surface area contributed by atoms with Gasteiger partial charge in [-0.3, -0.25) is 10.2 Å². The molecule has 1 aliphatic rings. The molecule has 2 aromatic rings. The van der Waals surface area contributed by atoms with Crippen molar-refractivity contribution in [2.75, 3.05) is 6.61 Å². The van der Waals surface area contributed by atoms with E-state index in [4.69, 9.17) is 9.47 Å². The van der Waals surface area contributed by atoms with E-state index in [1.165, 1.54) is 12.1 Å². The molecule has 8 heteroatoms. The SMILES string of the molecule is O=C(NNS(=O)(=O)c1ccccc1)C1COc2ccccc2O1. The van der Waals surface area contributed by atoms with Crippen LogP contribution in [0.4, 0.5) is 0 Å². The third-order valence-corrected chi connectivity index (χ3v) is 4.43. The van der Waals surface area contributed by atoms with Gasteiger partial charge in [0.25, 0.3) is 15.9 Å². The summed E-state index contributed by atoms with van der Waals surface area (Å²) in [6.07, 6.45) is -0.941. The number of para-hydroxylation sites is 2. The van der Waals surface area contributed by atoms with E-state index in [0.29, 0.717) is 11.5 Å². The van der Waals surface area contributed by atoms with Crippen LogP contribution in [-0.4, -0.2) is 27.0 Å². The first-order valence-corrected chi connectivity index (χ1v) is 8.30. The number of rotatable bonds is 4. The molecule has 2 aromatic carbocycles. The molecule has 1 atom stereocenters. The Balaban J connectivity index is 1.63. The van der Waals surface area contributed by atoms with Crippen LogP contribution in [0.5, 0.6) is 11.5 Å². The molecule has 1 heterocycles. The smallest absolute Gasteiger partial charge is 0.279 e. The number of sulfonamides is 1. The summed E-state index contributed by atoms with van der Waals surface area (Å²) in [7, 11) is -3.83. The lowest BCUT2D eigenvalue weighted by Gasteiger charge is -2.25. The molecular formula is C15H14N2O5S. The second-order valence-corrected chi connectivity index (χ2v) is 6.45. The van der Waals surface area contributed by atoms with Crippen LogP contribution in [-0.2, 0) is 14.8 Å². The lowest BCUT2D eigenvalue weighted by Crippen LogP contribution is -2.50. The Hall–Kier alpha value is -2.58. The molecule has 7 nitrogen and oxygen atoms in total. The maximum Gasteiger partial charge on any atom is 0.279 e. The predicted molar refractivity (Wildman–Crippen MR) is 81.3 cm³/mol. The monoisotopic (exact) mass is 334 g/mol. The molecule has 3 rings (SSSR count). The zero-order chi connectivity index (χ0) is 16.3. The number of carbonyl (C=O) groups is 1. The van der Waals surface area contributed by atoms with Gasteiger partial charge < -0.3 is 9.47 Å². The van der Waals surface area contributed by atoms with E-state index in [-0.39, 0.29) is 11.5 Å². The molecule has 0 fully saturated rings. The Bertz CT molecular complexity index is 808. The topological polar surface area (TPSA) is 93.7 Å². The van der Waals surface area contributed by atoms with Crippen LogP contribution >= 0.6 is 0 Å². The van der Waals surface area contributed by atoms with Crippen molar-refractivity contribution in [3.63, 3.8) is 0 Å². The summed E-state index contributed by atoms with van der Waals surface area (Å²) in [6.45, 7) is -0.00406. The van der Waals surface area contributed by atoms with Gasteiger partial charge in [-0.1, -0.05) is 30.3 Å². The number of hydrogen-bond acceptors (Lipinski definition) is 5. The van der Waals surface area contributed by atoms with Crippen LogP contribution in [0.3, 0.4) is 0 Å². The number of hydrogen-bond donors (Lipinski definition) is 2. The minimum atomic E-state index is -3.83. The molecule has 0 aromatic heterocycles. The van der Waals surface area contributed by atoms with Crippen LogP contribution in [0.1, 0.15) is 0 Å². The van der Waals surface area contributed by atoms with Crippen LogP contribution in [0, 0.1) is 0 Å². The van der Waals surface area contributed by atoms with Crippen molar-refractivity contribution in [2.24, 2.45) is 0 Å². The van der Waals surface area contributed by atoms with E-state index in [2.05, 4.69) is 5.43 Å².